The van der Waals surface area contributed by atoms with Crippen molar-refractivity contribution >= 4 is 15.7 Å². The maximum Gasteiger partial charge on any atom is 0.289 e. The summed E-state index contributed by atoms with van der Waals surface area (Å²) in [4.78, 5) is 9.82. The van der Waals surface area contributed by atoms with E-state index in [0.717, 1.165) is 11.6 Å². The minimum Gasteiger partial charge on any atom is -0.387 e. The van der Waals surface area contributed by atoms with Gasteiger partial charge < -0.3 is 10.4 Å². The van der Waals surface area contributed by atoms with Gasteiger partial charge in [-0.15, -0.1) is 0 Å². The quantitative estimate of drug-likeness (QED) is 0.349. The van der Waals surface area contributed by atoms with Gasteiger partial charge >= 0.3 is 0 Å². The van der Waals surface area contributed by atoms with Crippen LogP contribution in [0.3, 0.4) is 0 Å². The first kappa shape index (κ1) is 19.0. The maximum atomic E-state index is 12.2. The third kappa shape index (κ3) is 5.33. The van der Waals surface area contributed by atoms with Crippen LogP contribution in [0.2, 0.25) is 0 Å². The molecule has 2 aromatic carbocycles. The van der Waals surface area contributed by atoms with E-state index in [1.165, 1.54) is 18.2 Å². The van der Waals surface area contributed by atoms with Crippen LogP contribution in [0, 0.1) is 10.1 Å². The van der Waals surface area contributed by atoms with Crippen LogP contribution in [0.5, 0.6) is 0 Å². The van der Waals surface area contributed by atoms with E-state index < -0.39 is 26.7 Å². The number of hydrogen-bond donors (Lipinski definition) is 3. The first-order valence-electron chi connectivity index (χ1n) is 7.58. The van der Waals surface area contributed by atoms with Crippen molar-refractivity contribution in [1.82, 2.24) is 10.0 Å². The second-order valence-electron chi connectivity index (χ2n) is 5.25. The summed E-state index contributed by atoms with van der Waals surface area (Å²) < 4.78 is 26.7. The smallest absolute Gasteiger partial charge is 0.289 e. The van der Waals surface area contributed by atoms with Gasteiger partial charge in [0.2, 0.25) is 10.0 Å². The number of aliphatic hydroxyl groups excluding tert-OH is 1. The van der Waals surface area contributed by atoms with Gasteiger partial charge in [-0.05, 0) is 11.6 Å². The number of nitro groups is 1. The minimum absolute atomic E-state index is 0.0376. The molecule has 0 aliphatic heterocycles. The predicted octanol–water partition coefficient (Wildman–Crippen LogP) is 1.20. The van der Waals surface area contributed by atoms with Crippen LogP contribution in [-0.2, 0) is 10.0 Å². The zero-order valence-electron chi connectivity index (χ0n) is 13.3. The Balaban J connectivity index is 1.84. The van der Waals surface area contributed by atoms with Gasteiger partial charge in [-0.2, -0.15) is 0 Å². The van der Waals surface area contributed by atoms with Gasteiger partial charge in [-0.1, -0.05) is 42.5 Å². The van der Waals surface area contributed by atoms with Crippen molar-refractivity contribution in [1.29, 1.82) is 0 Å². The van der Waals surface area contributed by atoms with Gasteiger partial charge in [0, 0.05) is 25.7 Å². The number of benzene rings is 2. The molecule has 0 aliphatic rings. The zero-order valence-corrected chi connectivity index (χ0v) is 14.1. The van der Waals surface area contributed by atoms with E-state index in [0.29, 0.717) is 0 Å². The fourth-order valence-corrected chi connectivity index (χ4v) is 3.42. The van der Waals surface area contributed by atoms with Crippen molar-refractivity contribution in [3.8, 4) is 0 Å². The van der Waals surface area contributed by atoms with Gasteiger partial charge in [0.15, 0.2) is 4.90 Å². The molecule has 0 radical (unpaired) electrons. The Hall–Kier alpha value is -2.33. The Bertz CT molecular complexity index is 812. The summed E-state index contributed by atoms with van der Waals surface area (Å²) in [5.41, 5.74) is 0.290. The van der Waals surface area contributed by atoms with Gasteiger partial charge in [0.25, 0.3) is 5.69 Å². The molecule has 3 N–H and O–H groups in total. The van der Waals surface area contributed by atoms with E-state index >= 15 is 0 Å². The molecule has 0 heterocycles. The standard InChI is InChI=1S/C16H19N3O5S/c20-15(13-6-2-1-3-7-13)12-17-10-11-18-25(23,24)16-9-5-4-8-14(16)19(21)22/h1-9,15,17-18,20H,10-12H2. The summed E-state index contributed by atoms with van der Waals surface area (Å²) >= 11 is 0. The van der Waals surface area contributed by atoms with Crippen molar-refractivity contribution in [2.75, 3.05) is 19.6 Å². The second-order valence-corrected chi connectivity index (χ2v) is 6.99. The number of nitrogens with zero attached hydrogens (tertiary/aromatic N) is 1. The molecule has 0 saturated carbocycles. The van der Waals surface area contributed by atoms with E-state index in [1.54, 1.807) is 12.1 Å². The SMILES string of the molecule is O=[N+]([O-])c1ccccc1S(=O)(=O)NCCNCC(O)c1ccccc1. The Morgan fingerprint density at radius 2 is 1.68 bits per heavy atom. The molecule has 0 aliphatic carbocycles. The highest BCUT2D eigenvalue weighted by Gasteiger charge is 2.24. The molecular weight excluding hydrogens is 346 g/mol. The predicted molar refractivity (Wildman–Crippen MR) is 92.6 cm³/mol. The van der Waals surface area contributed by atoms with Gasteiger partial charge in [0.1, 0.15) is 0 Å². The van der Waals surface area contributed by atoms with E-state index in [4.69, 9.17) is 0 Å². The van der Waals surface area contributed by atoms with Crippen LogP contribution >= 0.6 is 0 Å². The molecule has 1 unspecified atom stereocenters. The van der Waals surface area contributed by atoms with E-state index in [2.05, 4.69) is 10.0 Å². The van der Waals surface area contributed by atoms with E-state index in [1.807, 2.05) is 18.2 Å². The molecule has 0 spiro atoms. The molecule has 0 saturated heterocycles. The first-order valence-corrected chi connectivity index (χ1v) is 9.07. The van der Waals surface area contributed by atoms with Crippen LogP contribution in [0.1, 0.15) is 11.7 Å². The van der Waals surface area contributed by atoms with Crippen molar-refractivity contribution in [3.63, 3.8) is 0 Å². The van der Waals surface area contributed by atoms with Crippen LogP contribution in [0.4, 0.5) is 5.69 Å². The summed E-state index contributed by atoms with van der Waals surface area (Å²) in [7, 11) is -3.98. The fraction of sp³-hybridized carbons (Fsp3) is 0.250. The Kier molecular flexibility index (Phi) is 6.59. The molecule has 2 rings (SSSR count). The number of nitro benzene ring substituents is 1. The molecule has 0 bridgehead atoms. The molecule has 0 amide bonds. The van der Waals surface area contributed by atoms with E-state index in [9.17, 15) is 23.6 Å². The molecular formula is C16H19N3O5S. The van der Waals surface area contributed by atoms with Crippen LogP contribution in [-0.4, -0.2) is 38.1 Å². The fourth-order valence-electron chi connectivity index (χ4n) is 2.22. The van der Waals surface area contributed by atoms with Crippen LogP contribution < -0.4 is 10.0 Å². The van der Waals surface area contributed by atoms with Gasteiger partial charge in [-0.3, -0.25) is 10.1 Å². The summed E-state index contributed by atoms with van der Waals surface area (Å²) in [5.74, 6) is 0. The lowest BCUT2D eigenvalue weighted by Gasteiger charge is -2.12. The number of nitrogens with one attached hydrogen (secondary N) is 2. The number of hydrogen-bond acceptors (Lipinski definition) is 6. The molecule has 0 fully saturated rings. The molecule has 1 atom stereocenters. The lowest BCUT2D eigenvalue weighted by molar-refractivity contribution is -0.387. The highest BCUT2D eigenvalue weighted by molar-refractivity contribution is 7.89. The third-order valence-corrected chi connectivity index (χ3v) is 4.98. The molecule has 9 heteroatoms. The highest BCUT2D eigenvalue weighted by Crippen LogP contribution is 2.22. The van der Waals surface area contributed by atoms with Crippen molar-refractivity contribution < 1.29 is 18.4 Å². The number of rotatable bonds is 9. The lowest BCUT2D eigenvalue weighted by Crippen LogP contribution is -2.33. The summed E-state index contributed by atoms with van der Waals surface area (Å²) in [5, 5.41) is 23.8. The van der Waals surface area contributed by atoms with Crippen molar-refractivity contribution in [2.45, 2.75) is 11.0 Å². The van der Waals surface area contributed by atoms with Gasteiger partial charge in [0.05, 0.1) is 11.0 Å². The maximum absolute atomic E-state index is 12.2. The first-order chi connectivity index (χ1) is 11.9. The Morgan fingerprint density at radius 3 is 2.36 bits per heavy atom. The normalized spacial score (nSPS) is 12.7. The summed E-state index contributed by atoms with van der Waals surface area (Å²) in [6, 6.07) is 14.2. The topological polar surface area (TPSA) is 122 Å². The molecule has 8 nitrogen and oxygen atoms in total. The van der Waals surface area contributed by atoms with Crippen molar-refractivity contribution in [3.05, 3.63) is 70.3 Å². The molecule has 134 valence electrons. The monoisotopic (exact) mass is 365 g/mol. The Morgan fingerprint density at radius 1 is 1.04 bits per heavy atom. The summed E-state index contributed by atoms with van der Waals surface area (Å²) in [6.07, 6.45) is -0.701. The minimum atomic E-state index is -3.98. The molecule has 25 heavy (non-hydrogen) atoms. The van der Waals surface area contributed by atoms with E-state index in [-0.39, 0.29) is 24.5 Å². The average molecular weight is 365 g/mol. The number of sulfonamides is 1. The lowest BCUT2D eigenvalue weighted by atomic mass is 10.1. The largest absolute Gasteiger partial charge is 0.387 e. The highest BCUT2D eigenvalue weighted by atomic mass is 32.2. The second kappa shape index (κ2) is 8.67. The zero-order chi connectivity index (χ0) is 18.3. The van der Waals surface area contributed by atoms with Crippen molar-refractivity contribution in [2.24, 2.45) is 0 Å². The average Bonchev–Trinajstić information content (AvgIpc) is 2.62. The Labute approximate surface area is 145 Å². The molecule has 0 aromatic heterocycles. The van der Waals surface area contributed by atoms with Crippen LogP contribution in [0.25, 0.3) is 0 Å². The number of aliphatic hydroxyl groups is 1. The number of para-hydroxylation sites is 1. The third-order valence-electron chi connectivity index (χ3n) is 3.47. The van der Waals surface area contributed by atoms with Crippen LogP contribution in [0.15, 0.2) is 59.5 Å². The summed E-state index contributed by atoms with van der Waals surface area (Å²) in [6.45, 7) is 0.566. The molecule has 2 aromatic rings. The van der Waals surface area contributed by atoms with Gasteiger partial charge in [-0.25, -0.2) is 13.1 Å².